The van der Waals surface area contributed by atoms with Crippen molar-refractivity contribution in [3.63, 3.8) is 0 Å². The van der Waals surface area contributed by atoms with Crippen LogP contribution in [0, 0.1) is 0 Å². The first-order chi connectivity index (χ1) is 69.9. The maximum absolute atomic E-state index is 6.22. The van der Waals surface area contributed by atoms with E-state index in [1.165, 1.54) is 16.2 Å². The van der Waals surface area contributed by atoms with Crippen LogP contribution in [0.3, 0.4) is 0 Å². The van der Waals surface area contributed by atoms with Gasteiger partial charge in [-0.2, -0.15) is 0 Å². The standard InChI is InChI=1S/C48H30N6.C42H25N5O.C34H21N5/c1-3-15-31(16-4-1)45-50-46(32-17-5-2-6-18-32)52-47(51-45)35-27-34(28-36(29-35)53-42-24-12-8-20-37(42)38-21-9-13-25-43(38)53)39-30-33-19-7-11-23-41(33)54-44-26-14-10-22-40(44)49-48(39)54;1-2-12-26(13-3-1)39-44-40(46-41(45-39)31-18-11-23-37-38(31)30-17-5-9-22-36(30)48-37)29-16-10-15-27(24-29)32-25-28-14-4-7-20-34(28)47-35-21-8-6-19-33(35)43-42(32)47;1-2-11-23(12-3-1)31-36-32(26-19-18-22-10-4-5-13-24(22)20-26)38-33(37-31)27-21-25-14-6-8-16-29(25)39-30-17-9-7-15-28(30)35-34(27)39/h1-30H;1-25H;1-21H. The SMILES string of the molecule is c1ccc(-c2nc(-c3ccc4ccccc4c3)nc(-c3cc4ccccc4n4c3nc3ccccc34)n2)cc1.c1ccc(-c2nc(-c3cccc(-c4cc5ccccc5n5c4nc4ccccc45)c3)nc(-c3cccc4oc5ccccc5c34)n2)cc1.c1ccc(-c2nc(-c3ccccc3)nc(-c3cc(-c4cc5ccccc5n5c4nc4ccccc45)cc(-n4c5ccccc5c5ccccc54)c3)n2)cc1. The Balaban J connectivity index is 0.000000107. The highest BCUT2D eigenvalue weighted by atomic mass is 16.3. The lowest BCUT2D eigenvalue weighted by atomic mass is 10.00. The Morgan fingerprint density at radius 3 is 0.972 bits per heavy atom. The Hall–Kier alpha value is -19.5. The van der Waals surface area contributed by atoms with E-state index < -0.39 is 0 Å². The summed E-state index contributed by atoms with van der Waals surface area (Å²) >= 11 is 0. The van der Waals surface area contributed by atoms with Crippen molar-refractivity contribution in [2.45, 2.75) is 0 Å². The number of imidazole rings is 3. The molecular weight excluding hydrogens is 1730 g/mol. The van der Waals surface area contributed by atoms with E-state index in [2.05, 4.69) is 297 Å². The number of hydrogen-bond acceptors (Lipinski definition) is 13. The van der Waals surface area contributed by atoms with Crippen molar-refractivity contribution in [3.8, 4) is 130 Å². The average Bonchev–Trinajstić information content (AvgIpc) is 1.61. The highest BCUT2D eigenvalue weighted by Gasteiger charge is 2.26. The van der Waals surface area contributed by atoms with Crippen LogP contribution in [0.25, 0.3) is 268 Å². The van der Waals surface area contributed by atoms with Gasteiger partial charge in [-0.05, 0) is 165 Å². The number of furan rings is 1. The third-order valence-electron chi connectivity index (χ3n) is 26.5. The maximum atomic E-state index is 6.22. The van der Waals surface area contributed by atoms with Crippen LogP contribution in [0.5, 0.6) is 0 Å². The second-order valence-electron chi connectivity index (χ2n) is 35.1. The van der Waals surface area contributed by atoms with Gasteiger partial charge in [-0.25, -0.2) is 59.8 Å². The summed E-state index contributed by atoms with van der Waals surface area (Å²) in [7, 11) is 0. The fourth-order valence-electron chi connectivity index (χ4n) is 20.0. The van der Waals surface area contributed by atoms with E-state index >= 15 is 0 Å². The third kappa shape index (κ3) is 14.3. The summed E-state index contributed by atoms with van der Waals surface area (Å²) in [5.74, 6) is 5.49. The minimum atomic E-state index is 0.592. The van der Waals surface area contributed by atoms with Crippen molar-refractivity contribution in [2.24, 2.45) is 0 Å². The Kier molecular flexibility index (Phi) is 19.5. The van der Waals surface area contributed by atoms with E-state index in [9.17, 15) is 0 Å². The van der Waals surface area contributed by atoms with Gasteiger partial charge in [0.1, 0.15) is 28.1 Å². The monoisotopic (exact) mass is 1800 g/mol. The zero-order valence-electron chi connectivity index (χ0n) is 75.4. The predicted molar refractivity (Wildman–Crippen MR) is 570 cm³/mol. The zero-order valence-corrected chi connectivity index (χ0v) is 75.4. The molecule has 658 valence electrons. The van der Waals surface area contributed by atoms with Crippen LogP contribution in [0.1, 0.15) is 0 Å². The topological polar surface area (TPSA) is 186 Å². The van der Waals surface area contributed by atoms with Crippen molar-refractivity contribution in [1.29, 1.82) is 0 Å². The van der Waals surface area contributed by atoms with Crippen LogP contribution in [0.4, 0.5) is 0 Å². The van der Waals surface area contributed by atoms with Crippen molar-refractivity contribution in [3.05, 3.63) is 461 Å². The van der Waals surface area contributed by atoms with Crippen LogP contribution >= 0.6 is 0 Å². The number of rotatable bonds is 12. The van der Waals surface area contributed by atoms with Gasteiger partial charge in [0.2, 0.25) is 0 Å². The fraction of sp³-hybridized carbons (Fsp3) is 0. The molecule has 0 radical (unpaired) electrons. The van der Waals surface area contributed by atoms with Crippen molar-refractivity contribution in [2.75, 3.05) is 0 Å². The number of hydrogen-bond donors (Lipinski definition) is 0. The molecule has 17 nitrogen and oxygen atoms in total. The largest absolute Gasteiger partial charge is 0.456 e. The third-order valence-corrected chi connectivity index (χ3v) is 26.5. The van der Waals surface area contributed by atoms with Crippen LogP contribution < -0.4 is 0 Å². The van der Waals surface area contributed by atoms with Crippen molar-refractivity contribution < 1.29 is 4.42 Å². The van der Waals surface area contributed by atoms with Crippen molar-refractivity contribution in [1.82, 2.24) is 77.6 Å². The molecule has 0 aliphatic heterocycles. The van der Waals surface area contributed by atoms with E-state index in [0.29, 0.717) is 52.4 Å². The first kappa shape index (κ1) is 81.1. The number of benzene rings is 18. The predicted octanol–water partition coefficient (Wildman–Crippen LogP) is 30.0. The lowest BCUT2D eigenvalue weighted by molar-refractivity contribution is 0.669. The Bertz CT molecular complexity index is 9940. The lowest BCUT2D eigenvalue weighted by Gasteiger charge is -2.15. The molecule has 17 heteroatoms. The molecule has 141 heavy (non-hydrogen) atoms. The van der Waals surface area contributed by atoms with Crippen LogP contribution in [-0.4, -0.2) is 77.6 Å². The lowest BCUT2D eigenvalue weighted by Crippen LogP contribution is -2.02. The smallest absolute Gasteiger partial charge is 0.167 e. The summed E-state index contributed by atoms with van der Waals surface area (Å²) in [5.41, 5.74) is 29.2. The Labute approximate surface area is 805 Å². The summed E-state index contributed by atoms with van der Waals surface area (Å²) in [6, 6.07) is 158. The number of nitrogens with zero attached hydrogens (tertiary/aromatic N) is 16. The van der Waals surface area contributed by atoms with Gasteiger partial charge in [0.15, 0.2) is 52.4 Å². The first-order valence-electron chi connectivity index (χ1n) is 46.9. The van der Waals surface area contributed by atoms with Gasteiger partial charge in [-0.1, -0.05) is 334 Å². The molecule has 0 N–H and O–H groups in total. The summed E-state index contributed by atoms with van der Waals surface area (Å²) in [4.78, 5) is 61.0. The molecule has 0 atom stereocenters. The second-order valence-corrected chi connectivity index (χ2v) is 35.1. The van der Waals surface area contributed by atoms with Crippen LogP contribution in [0.15, 0.2) is 465 Å². The molecule has 29 rings (SSSR count). The molecule has 0 spiro atoms. The summed E-state index contributed by atoms with van der Waals surface area (Å²) in [6.07, 6.45) is 0. The minimum absolute atomic E-state index is 0.592. The quantitative estimate of drug-likeness (QED) is 0.113. The van der Waals surface area contributed by atoms with Gasteiger partial charge in [-0.3, -0.25) is 13.2 Å². The van der Waals surface area contributed by atoms with Crippen LogP contribution in [0.2, 0.25) is 0 Å². The van der Waals surface area contributed by atoms with Gasteiger partial charge in [0.25, 0.3) is 0 Å². The molecule has 29 aromatic rings. The van der Waals surface area contributed by atoms with Gasteiger partial charge in [-0.15, -0.1) is 0 Å². The Morgan fingerprint density at radius 1 is 0.163 bits per heavy atom. The van der Waals surface area contributed by atoms with Crippen molar-refractivity contribution >= 4 is 137 Å². The molecule has 0 fully saturated rings. The first-order valence-corrected chi connectivity index (χ1v) is 46.9. The van der Waals surface area contributed by atoms with Gasteiger partial charge in [0.05, 0.1) is 66.2 Å². The molecule has 0 bridgehead atoms. The number of para-hydroxylation sites is 12. The fourth-order valence-corrected chi connectivity index (χ4v) is 20.0. The average molecular weight is 1810 g/mol. The van der Waals surface area contributed by atoms with Gasteiger partial charge >= 0.3 is 0 Å². The Morgan fingerprint density at radius 2 is 0.482 bits per heavy atom. The highest BCUT2D eigenvalue weighted by Crippen LogP contribution is 2.44. The van der Waals surface area contributed by atoms with E-state index in [4.69, 9.17) is 64.2 Å². The minimum Gasteiger partial charge on any atom is -0.456 e. The molecule has 0 aliphatic rings. The van der Waals surface area contributed by atoms with E-state index in [1.54, 1.807) is 0 Å². The van der Waals surface area contributed by atoms with Gasteiger partial charge < -0.3 is 8.98 Å². The van der Waals surface area contributed by atoms with E-state index in [1.807, 2.05) is 182 Å². The highest BCUT2D eigenvalue weighted by molar-refractivity contribution is 6.13. The number of pyridine rings is 3. The normalized spacial score (nSPS) is 11.7. The molecule has 0 aliphatic carbocycles. The molecule has 0 saturated heterocycles. The number of fused-ring (bicyclic) bond motifs is 22. The number of aromatic nitrogens is 16. The summed E-state index contributed by atoms with van der Waals surface area (Å²) < 4.78 is 15.3. The molecule has 11 aromatic heterocycles. The molecule has 0 saturated carbocycles. The zero-order chi connectivity index (χ0) is 93.0. The molecule has 0 amide bonds. The van der Waals surface area contributed by atoms with Crippen LogP contribution in [-0.2, 0) is 0 Å². The molecule has 11 heterocycles. The molecule has 0 unspecified atom stereocenters. The van der Waals surface area contributed by atoms with Gasteiger partial charge in [0, 0.05) is 82.9 Å². The molecular formula is C124H76N16O. The van der Waals surface area contributed by atoms with E-state index in [0.717, 1.165) is 199 Å². The maximum Gasteiger partial charge on any atom is 0.167 e. The molecule has 18 aromatic carbocycles. The summed E-state index contributed by atoms with van der Waals surface area (Å²) in [6.45, 7) is 0. The van der Waals surface area contributed by atoms with E-state index in [-0.39, 0.29) is 0 Å². The second kappa shape index (κ2) is 33.8. The summed E-state index contributed by atoms with van der Waals surface area (Å²) in [5, 5.41) is 10.1.